The van der Waals surface area contributed by atoms with Crippen LogP contribution in [-0.4, -0.2) is 33.4 Å². The van der Waals surface area contributed by atoms with E-state index in [1.165, 1.54) is 0 Å². The van der Waals surface area contributed by atoms with Crippen LogP contribution in [0.4, 0.5) is 11.6 Å². The van der Waals surface area contributed by atoms with Crippen LogP contribution < -0.4 is 10.2 Å². The summed E-state index contributed by atoms with van der Waals surface area (Å²) in [5.74, 6) is -1.75. The Balaban J connectivity index is 1.55. The molecule has 2 aliphatic rings. The van der Waals surface area contributed by atoms with Crippen molar-refractivity contribution in [1.82, 2.24) is 9.78 Å². The fourth-order valence-corrected chi connectivity index (χ4v) is 4.50. The molecule has 3 heterocycles. The van der Waals surface area contributed by atoms with E-state index in [-0.39, 0.29) is 35.6 Å². The summed E-state index contributed by atoms with van der Waals surface area (Å²) < 4.78 is 1.08. The zero-order valence-corrected chi connectivity index (χ0v) is 17.2. The molecule has 1 aromatic heterocycles. The summed E-state index contributed by atoms with van der Waals surface area (Å²) in [5.41, 5.74) is 1.90. The van der Waals surface area contributed by atoms with E-state index in [2.05, 4.69) is 10.4 Å². The molecule has 160 valence electrons. The van der Waals surface area contributed by atoms with Crippen molar-refractivity contribution >= 4 is 46.0 Å². The third-order valence-electron chi connectivity index (χ3n) is 6.02. The predicted molar refractivity (Wildman–Crippen MR) is 120 cm³/mol. The molecular formula is C25H16N4O4. The largest absolute Gasteiger partial charge is 0.310 e. The molecule has 0 saturated carbocycles. The minimum atomic E-state index is -0.518. The first-order valence-electron chi connectivity index (χ1n) is 10.4. The molecule has 6 rings (SSSR count). The molecule has 33 heavy (non-hydrogen) atoms. The molecule has 2 aliphatic heterocycles. The van der Waals surface area contributed by atoms with Crippen LogP contribution in [0, 0.1) is 0 Å². The summed E-state index contributed by atoms with van der Waals surface area (Å²) in [5, 5.41) is 9.07. The van der Waals surface area contributed by atoms with Gasteiger partial charge in [0.1, 0.15) is 12.2 Å². The van der Waals surface area contributed by atoms with Crippen LogP contribution in [0.2, 0.25) is 0 Å². The summed E-state index contributed by atoms with van der Waals surface area (Å²) in [6.45, 7) is 0. The van der Waals surface area contributed by atoms with Gasteiger partial charge in [0, 0.05) is 12.0 Å². The Bertz CT molecular complexity index is 1490. The number of aromatic nitrogens is 2. The van der Waals surface area contributed by atoms with Crippen molar-refractivity contribution in [1.29, 1.82) is 0 Å². The van der Waals surface area contributed by atoms with Crippen molar-refractivity contribution in [2.45, 2.75) is 12.8 Å². The number of nitrogens with zero attached hydrogens (tertiary/aromatic N) is 3. The number of anilines is 2. The minimum Gasteiger partial charge on any atom is -0.310 e. The van der Waals surface area contributed by atoms with Gasteiger partial charge in [0.2, 0.25) is 5.91 Å². The molecule has 0 atom stereocenters. The highest BCUT2D eigenvalue weighted by Crippen LogP contribution is 2.37. The van der Waals surface area contributed by atoms with Crippen LogP contribution in [0.3, 0.4) is 0 Å². The molecule has 0 spiro atoms. The molecule has 0 saturated heterocycles. The summed E-state index contributed by atoms with van der Waals surface area (Å²) in [6.07, 6.45) is -0.100. The van der Waals surface area contributed by atoms with Gasteiger partial charge < -0.3 is 5.32 Å². The standard InChI is InChI=1S/C25H16N4O4/c30-20-13-21(31)29-22(26-20)19(12-15-8-5-7-14-6-1-2-9-16(14)15)23(27-29)28-24(32)17-10-3-4-11-18(17)25(28)33/h1-11H,12-13H2,(H,26,30). The lowest BCUT2D eigenvalue weighted by Gasteiger charge is -2.16. The zero-order valence-electron chi connectivity index (χ0n) is 17.2. The van der Waals surface area contributed by atoms with Crippen LogP contribution in [0.5, 0.6) is 0 Å². The number of benzene rings is 3. The third-order valence-corrected chi connectivity index (χ3v) is 6.02. The first-order chi connectivity index (χ1) is 16.0. The van der Waals surface area contributed by atoms with Crippen LogP contribution >= 0.6 is 0 Å². The molecule has 3 aromatic carbocycles. The SMILES string of the molecule is O=C1CC(=O)n2nc(N3C(=O)c4ccccc4C3=O)c(Cc3cccc4ccccc34)c2N1. The van der Waals surface area contributed by atoms with Gasteiger partial charge in [0.05, 0.1) is 11.1 Å². The summed E-state index contributed by atoms with van der Waals surface area (Å²) in [4.78, 5) is 52.1. The molecule has 0 radical (unpaired) electrons. The number of carbonyl (C=O) groups is 4. The van der Waals surface area contributed by atoms with Gasteiger partial charge in [-0.25, -0.2) is 4.90 Å². The van der Waals surface area contributed by atoms with Crippen LogP contribution in [-0.2, 0) is 11.2 Å². The summed E-state index contributed by atoms with van der Waals surface area (Å²) in [7, 11) is 0. The zero-order chi connectivity index (χ0) is 22.7. The first-order valence-corrected chi connectivity index (χ1v) is 10.4. The normalized spacial score (nSPS) is 15.1. The number of carbonyl (C=O) groups excluding carboxylic acids is 4. The molecule has 8 nitrogen and oxygen atoms in total. The predicted octanol–water partition coefficient (Wildman–Crippen LogP) is 3.41. The maximum absolute atomic E-state index is 13.2. The second-order valence-electron chi connectivity index (χ2n) is 7.99. The number of hydrogen-bond acceptors (Lipinski definition) is 5. The average molecular weight is 436 g/mol. The van der Waals surface area contributed by atoms with E-state index in [1.807, 2.05) is 42.5 Å². The molecule has 3 amide bonds. The Kier molecular flexibility index (Phi) is 4.03. The van der Waals surface area contributed by atoms with E-state index in [9.17, 15) is 19.2 Å². The lowest BCUT2D eigenvalue weighted by molar-refractivity contribution is -0.115. The second kappa shape index (κ2) is 6.96. The number of amides is 3. The van der Waals surface area contributed by atoms with E-state index in [1.54, 1.807) is 24.3 Å². The fourth-order valence-electron chi connectivity index (χ4n) is 4.50. The van der Waals surface area contributed by atoms with Crippen LogP contribution in [0.15, 0.2) is 66.7 Å². The van der Waals surface area contributed by atoms with Gasteiger partial charge in [-0.05, 0) is 28.5 Å². The molecule has 4 aromatic rings. The molecule has 1 N–H and O–H groups in total. The van der Waals surface area contributed by atoms with Crippen molar-refractivity contribution in [2.24, 2.45) is 0 Å². The molecule has 0 bridgehead atoms. The van der Waals surface area contributed by atoms with Crippen molar-refractivity contribution < 1.29 is 19.2 Å². The lowest BCUT2D eigenvalue weighted by atomic mass is 9.98. The minimum absolute atomic E-state index is 0.0553. The van der Waals surface area contributed by atoms with Crippen LogP contribution in [0.1, 0.15) is 43.1 Å². The van der Waals surface area contributed by atoms with E-state index in [0.717, 1.165) is 25.9 Å². The van der Waals surface area contributed by atoms with Gasteiger partial charge >= 0.3 is 0 Å². The summed E-state index contributed by atoms with van der Waals surface area (Å²) >= 11 is 0. The third kappa shape index (κ3) is 2.81. The monoisotopic (exact) mass is 436 g/mol. The summed E-state index contributed by atoms with van der Waals surface area (Å²) in [6, 6.07) is 20.2. The molecular weight excluding hydrogens is 420 g/mol. The number of nitrogens with one attached hydrogen (secondary N) is 1. The van der Waals surface area contributed by atoms with Gasteiger partial charge in [-0.2, -0.15) is 4.68 Å². The first kappa shape index (κ1) is 19.1. The maximum atomic E-state index is 13.2. The van der Waals surface area contributed by atoms with E-state index in [4.69, 9.17) is 0 Å². The smallest absolute Gasteiger partial charge is 0.267 e. The maximum Gasteiger partial charge on any atom is 0.267 e. The van der Waals surface area contributed by atoms with Gasteiger partial charge in [-0.3, -0.25) is 19.2 Å². The fraction of sp³-hybridized carbons (Fsp3) is 0.0800. The quantitative estimate of drug-likeness (QED) is 0.392. The number of imide groups is 1. The molecule has 0 unspecified atom stereocenters. The van der Waals surface area contributed by atoms with Crippen molar-refractivity contribution in [3.63, 3.8) is 0 Å². The number of rotatable bonds is 3. The van der Waals surface area contributed by atoms with Crippen LogP contribution in [0.25, 0.3) is 10.8 Å². The van der Waals surface area contributed by atoms with E-state index >= 15 is 0 Å². The Morgan fingerprint density at radius 3 is 2.24 bits per heavy atom. The molecule has 0 fully saturated rings. The molecule has 8 heteroatoms. The van der Waals surface area contributed by atoms with Gasteiger partial charge in [0.15, 0.2) is 5.82 Å². The topological polar surface area (TPSA) is 101 Å². The van der Waals surface area contributed by atoms with Crippen molar-refractivity contribution in [3.05, 3.63) is 89.0 Å². The Hall–Kier alpha value is -4.59. The highest BCUT2D eigenvalue weighted by molar-refractivity contribution is 6.34. The average Bonchev–Trinajstić information content (AvgIpc) is 3.29. The highest BCUT2D eigenvalue weighted by atomic mass is 16.2. The lowest BCUT2D eigenvalue weighted by Crippen LogP contribution is -2.31. The second-order valence-corrected chi connectivity index (χ2v) is 7.99. The van der Waals surface area contributed by atoms with E-state index < -0.39 is 23.6 Å². The number of fused-ring (bicyclic) bond motifs is 3. The van der Waals surface area contributed by atoms with Gasteiger partial charge in [-0.15, -0.1) is 5.10 Å². The molecule has 0 aliphatic carbocycles. The number of hydrogen-bond donors (Lipinski definition) is 1. The van der Waals surface area contributed by atoms with Gasteiger partial charge in [0.25, 0.3) is 17.7 Å². The Morgan fingerprint density at radius 2 is 1.48 bits per heavy atom. The van der Waals surface area contributed by atoms with Crippen molar-refractivity contribution in [2.75, 3.05) is 10.2 Å². The Labute approximate surface area is 187 Å². The van der Waals surface area contributed by atoms with Crippen molar-refractivity contribution in [3.8, 4) is 0 Å². The van der Waals surface area contributed by atoms with E-state index in [0.29, 0.717) is 5.56 Å². The highest BCUT2D eigenvalue weighted by Gasteiger charge is 2.41. The Morgan fingerprint density at radius 1 is 0.818 bits per heavy atom. The van der Waals surface area contributed by atoms with Gasteiger partial charge in [-0.1, -0.05) is 54.6 Å².